The minimum absolute atomic E-state index is 0.202. The number of amides is 2. The molecule has 0 fully saturated rings. The zero-order valence-electron chi connectivity index (χ0n) is 16.9. The molecule has 0 spiro atoms. The van der Waals surface area contributed by atoms with Crippen molar-refractivity contribution in [1.82, 2.24) is 4.98 Å². The van der Waals surface area contributed by atoms with Crippen LogP contribution in [0.2, 0.25) is 0 Å². The maximum absolute atomic E-state index is 13.1. The third kappa shape index (κ3) is 4.36. The monoisotopic (exact) mass is 441 g/mol. The summed E-state index contributed by atoms with van der Waals surface area (Å²) in [5.74, 6) is -0.299. The van der Waals surface area contributed by atoms with E-state index < -0.39 is 11.7 Å². The van der Waals surface area contributed by atoms with Gasteiger partial charge in [-0.15, -0.1) is 11.3 Å². The van der Waals surface area contributed by atoms with Crippen molar-refractivity contribution < 1.29 is 23.5 Å². The number of hydrogen-bond acceptors (Lipinski definition) is 6. The Balaban J connectivity index is 1.49. The molecule has 0 saturated heterocycles. The first kappa shape index (κ1) is 20.8. The summed E-state index contributed by atoms with van der Waals surface area (Å²) in [4.78, 5) is 30.8. The van der Waals surface area contributed by atoms with E-state index in [9.17, 15) is 14.0 Å². The van der Waals surface area contributed by atoms with Gasteiger partial charge < -0.3 is 14.8 Å². The summed E-state index contributed by atoms with van der Waals surface area (Å²) in [6.45, 7) is 0. The Hall–Kier alpha value is -3.46. The van der Waals surface area contributed by atoms with Gasteiger partial charge in [0.05, 0.1) is 31.5 Å². The van der Waals surface area contributed by atoms with Crippen LogP contribution in [0.4, 0.5) is 15.2 Å². The number of hydrogen-bond donors (Lipinski definition) is 2. The predicted octanol–water partition coefficient (Wildman–Crippen LogP) is 4.22. The minimum Gasteiger partial charge on any atom is -0.497 e. The fraction of sp³-hybridized carbons (Fsp3) is 0.227. The van der Waals surface area contributed by atoms with Crippen molar-refractivity contribution in [3.05, 3.63) is 64.4 Å². The third-order valence-electron chi connectivity index (χ3n) is 5.03. The number of ether oxygens (including phenoxy) is 2. The van der Waals surface area contributed by atoms with Gasteiger partial charge in [-0.25, -0.2) is 9.37 Å². The topological polar surface area (TPSA) is 89.5 Å². The number of carbonyl (C=O) groups is 2. The summed E-state index contributed by atoms with van der Waals surface area (Å²) in [7, 11) is 3.08. The number of methoxy groups -OCH3 is 2. The lowest BCUT2D eigenvalue weighted by atomic mass is 10.1. The molecule has 0 aliphatic heterocycles. The summed E-state index contributed by atoms with van der Waals surface area (Å²) < 4.78 is 23.6. The molecule has 0 saturated carbocycles. The van der Waals surface area contributed by atoms with Crippen LogP contribution in [0.3, 0.4) is 0 Å². The zero-order valence-corrected chi connectivity index (χ0v) is 17.7. The molecule has 1 aromatic heterocycles. The van der Waals surface area contributed by atoms with E-state index in [-0.39, 0.29) is 11.8 Å². The molecule has 2 aromatic carbocycles. The molecular formula is C22H20FN3O4S. The van der Waals surface area contributed by atoms with Crippen LogP contribution in [0.1, 0.15) is 33.3 Å². The number of nitrogens with one attached hydrogen (secondary N) is 2. The Morgan fingerprint density at radius 3 is 2.58 bits per heavy atom. The average molecular weight is 441 g/mol. The second-order valence-corrected chi connectivity index (χ2v) is 8.02. The molecule has 1 heterocycles. The first-order valence-electron chi connectivity index (χ1n) is 9.58. The first-order chi connectivity index (χ1) is 15.0. The van der Waals surface area contributed by atoms with Gasteiger partial charge in [0.2, 0.25) is 5.91 Å². The Kier molecular flexibility index (Phi) is 5.85. The maximum atomic E-state index is 13.1. The molecule has 1 aliphatic carbocycles. The van der Waals surface area contributed by atoms with Crippen LogP contribution in [0.15, 0.2) is 42.5 Å². The summed E-state index contributed by atoms with van der Waals surface area (Å²) in [5, 5.41) is 6.04. The molecule has 1 aliphatic rings. The van der Waals surface area contributed by atoms with E-state index in [4.69, 9.17) is 9.47 Å². The highest BCUT2D eigenvalue weighted by atomic mass is 32.1. The Morgan fingerprint density at radius 1 is 1.10 bits per heavy atom. The van der Waals surface area contributed by atoms with E-state index in [1.54, 1.807) is 25.3 Å². The minimum atomic E-state index is -0.432. The molecule has 1 atom stereocenters. The number of benzene rings is 2. The smallest absolute Gasteiger partial charge is 0.257 e. The van der Waals surface area contributed by atoms with Gasteiger partial charge in [-0.3, -0.25) is 14.9 Å². The van der Waals surface area contributed by atoms with Gasteiger partial charge in [0.15, 0.2) is 5.13 Å². The summed E-state index contributed by atoms with van der Waals surface area (Å²) in [6, 6.07) is 10.4. The Bertz CT molecular complexity index is 1130. The zero-order chi connectivity index (χ0) is 22.0. The number of rotatable bonds is 6. The number of carbonyl (C=O) groups excluding carboxylic acids is 2. The Morgan fingerprint density at radius 2 is 1.87 bits per heavy atom. The molecule has 2 N–H and O–H groups in total. The van der Waals surface area contributed by atoms with Crippen LogP contribution in [-0.2, 0) is 11.2 Å². The highest BCUT2D eigenvalue weighted by molar-refractivity contribution is 7.16. The highest BCUT2D eigenvalue weighted by Crippen LogP contribution is 2.40. The number of fused-ring (bicyclic) bond motifs is 1. The number of aromatic nitrogens is 1. The molecule has 3 aromatic rings. The maximum Gasteiger partial charge on any atom is 0.257 e. The summed E-state index contributed by atoms with van der Waals surface area (Å²) in [6.07, 6.45) is 1.34. The van der Waals surface area contributed by atoms with E-state index >= 15 is 0 Å². The lowest BCUT2D eigenvalue weighted by Crippen LogP contribution is -2.20. The van der Waals surface area contributed by atoms with Crippen LogP contribution in [-0.4, -0.2) is 31.0 Å². The van der Waals surface area contributed by atoms with Crippen LogP contribution in [0, 0.1) is 5.82 Å². The quantitative estimate of drug-likeness (QED) is 0.598. The van der Waals surface area contributed by atoms with Crippen LogP contribution in [0.5, 0.6) is 11.5 Å². The second kappa shape index (κ2) is 8.73. The van der Waals surface area contributed by atoms with Gasteiger partial charge in [0.25, 0.3) is 5.91 Å². The second-order valence-electron chi connectivity index (χ2n) is 6.94. The van der Waals surface area contributed by atoms with Crippen molar-refractivity contribution in [3.8, 4) is 11.5 Å². The van der Waals surface area contributed by atoms with Crippen LogP contribution >= 0.6 is 11.3 Å². The van der Waals surface area contributed by atoms with Crippen molar-refractivity contribution >= 4 is 34.0 Å². The fourth-order valence-corrected chi connectivity index (χ4v) is 4.47. The standard InChI is InChI=1S/C22H20FN3O4S/c1-29-14-7-9-17(30-2)16(11-14)24-21(28)15-8-10-18-19(15)25-22(31-18)26-20(27)12-3-5-13(23)6-4-12/h3-7,9,11,15H,8,10H2,1-2H3,(H,24,28)(H,25,26,27)/t15-/m1/s1. The normalized spacial score (nSPS) is 14.6. The SMILES string of the molecule is COc1ccc(OC)c(NC(=O)[C@@H]2CCc3sc(NC(=O)c4ccc(F)cc4)nc32)c1. The number of anilines is 2. The molecule has 7 nitrogen and oxygen atoms in total. The summed E-state index contributed by atoms with van der Waals surface area (Å²) in [5.41, 5.74) is 1.51. The van der Waals surface area contributed by atoms with Gasteiger partial charge in [0, 0.05) is 16.5 Å². The molecule has 0 radical (unpaired) electrons. The molecule has 9 heteroatoms. The largest absolute Gasteiger partial charge is 0.497 e. The van der Waals surface area contributed by atoms with Gasteiger partial charge >= 0.3 is 0 Å². The van der Waals surface area contributed by atoms with Gasteiger partial charge in [-0.1, -0.05) is 0 Å². The number of halogens is 1. The van der Waals surface area contributed by atoms with Crippen LogP contribution < -0.4 is 20.1 Å². The molecular weight excluding hydrogens is 421 g/mol. The number of nitrogens with zero attached hydrogens (tertiary/aromatic N) is 1. The van der Waals surface area contributed by atoms with Gasteiger partial charge in [-0.05, 0) is 49.2 Å². The number of thiazole rings is 1. The Labute approximate surface area is 182 Å². The van der Waals surface area contributed by atoms with Crippen molar-refractivity contribution in [1.29, 1.82) is 0 Å². The molecule has 0 unspecified atom stereocenters. The van der Waals surface area contributed by atoms with Gasteiger partial charge in [0.1, 0.15) is 17.3 Å². The predicted molar refractivity (Wildman–Crippen MR) is 116 cm³/mol. The molecule has 0 bridgehead atoms. The van der Waals surface area contributed by atoms with E-state index in [0.29, 0.717) is 46.4 Å². The van der Waals surface area contributed by atoms with Crippen molar-refractivity contribution in [2.75, 3.05) is 24.9 Å². The van der Waals surface area contributed by atoms with Crippen molar-refractivity contribution in [2.45, 2.75) is 18.8 Å². The van der Waals surface area contributed by atoms with Crippen molar-refractivity contribution in [2.24, 2.45) is 0 Å². The fourth-order valence-electron chi connectivity index (χ4n) is 3.44. The highest BCUT2D eigenvalue weighted by Gasteiger charge is 2.33. The van der Waals surface area contributed by atoms with E-state index in [1.165, 1.54) is 42.7 Å². The number of aryl methyl sites for hydroxylation is 1. The van der Waals surface area contributed by atoms with Crippen LogP contribution in [0.25, 0.3) is 0 Å². The molecule has 31 heavy (non-hydrogen) atoms. The summed E-state index contributed by atoms with van der Waals surface area (Å²) >= 11 is 1.35. The molecule has 2 amide bonds. The molecule has 160 valence electrons. The van der Waals surface area contributed by atoms with E-state index in [0.717, 1.165) is 4.88 Å². The average Bonchev–Trinajstić information content (AvgIpc) is 3.34. The lowest BCUT2D eigenvalue weighted by Gasteiger charge is -2.14. The van der Waals surface area contributed by atoms with E-state index in [1.807, 2.05) is 0 Å². The van der Waals surface area contributed by atoms with Crippen molar-refractivity contribution in [3.63, 3.8) is 0 Å². The third-order valence-corrected chi connectivity index (χ3v) is 6.07. The van der Waals surface area contributed by atoms with Gasteiger partial charge in [-0.2, -0.15) is 0 Å². The first-order valence-corrected chi connectivity index (χ1v) is 10.4. The van der Waals surface area contributed by atoms with E-state index in [2.05, 4.69) is 15.6 Å². The molecule has 4 rings (SSSR count). The lowest BCUT2D eigenvalue weighted by molar-refractivity contribution is -0.117.